The van der Waals surface area contributed by atoms with Crippen molar-refractivity contribution < 1.29 is 0 Å². The standard InChI is InChI=1S/C14H26N4/c1-6-8-15-13-9-14(17-12(5)16-13)18(7-2)10-11(3)4/h9,11H,6-8,10H2,1-5H3,(H,15,16,17). The third-order valence-electron chi connectivity index (χ3n) is 2.67. The Kier molecular flexibility index (Phi) is 5.89. The molecule has 0 aliphatic carbocycles. The lowest BCUT2D eigenvalue weighted by molar-refractivity contribution is 0.613. The van der Waals surface area contributed by atoms with Gasteiger partial charge in [0, 0.05) is 25.7 Å². The molecule has 0 amide bonds. The molecule has 0 radical (unpaired) electrons. The maximum atomic E-state index is 4.54. The number of hydrogen-bond acceptors (Lipinski definition) is 4. The van der Waals surface area contributed by atoms with E-state index in [1.54, 1.807) is 0 Å². The fourth-order valence-corrected chi connectivity index (χ4v) is 1.88. The van der Waals surface area contributed by atoms with Crippen LogP contribution >= 0.6 is 0 Å². The van der Waals surface area contributed by atoms with Gasteiger partial charge in [0.2, 0.25) is 0 Å². The molecule has 0 aliphatic heterocycles. The summed E-state index contributed by atoms with van der Waals surface area (Å²) in [6.45, 7) is 13.7. The summed E-state index contributed by atoms with van der Waals surface area (Å²) in [6, 6.07) is 2.05. The summed E-state index contributed by atoms with van der Waals surface area (Å²) in [5.74, 6) is 3.42. The molecule has 0 saturated heterocycles. The number of hydrogen-bond donors (Lipinski definition) is 1. The monoisotopic (exact) mass is 250 g/mol. The minimum Gasteiger partial charge on any atom is -0.370 e. The van der Waals surface area contributed by atoms with Gasteiger partial charge in [0.15, 0.2) is 0 Å². The van der Waals surface area contributed by atoms with E-state index in [9.17, 15) is 0 Å². The molecular weight excluding hydrogens is 224 g/mol. The summed E-state index contributed by atoms with van der Waals surface area (Å²) >= 11 is 0. The summed E-state index contributed by atoms with van der Waals surface area (Å²) in [5, 5.41) is 3.33. The van der Waals surface area contributed by atoms with Crippen molar-refractivity contribution in [1.82, 2.24) is 9.97 Å². The van der Waals surface area contributed by atoms with Crippen molar-refractivity contribution in [2.75, 3.05) is 29.9 Å². The lowest BCUT2D eigenvalue weighted by atomic mass is 10.2. The SMILES string of the molecule is CCCNc1cc(N(CC)CC(C)C)nc(C)n1. The molecule has 4 nitrogen and oxygen atoms in total. The van der Waals surface area contributed by atoms with Crippen LogP contribution in [0, 0.1) is 12.8 Å². The fraction of sp³-hybridized carbons (Fsp3) is 0.714. The summed E-state index contributed by atoms with van der Waals surface area (Å²) in [7, 11) is 0. The Balaban J connectivity index is 2.88. The number of aryl methyl sites for hydroxylation is 1. The van der Waals surface area contributed by atoms with Crippen LogP contribution in [0.2, 0.25) is 0 Å². The molecular formula is C14H26N4. The molecule has 1 heterocycles. The zero-order chi connectivity index (χ0) is 13.5. The first-order valence-electron chi connectivity index (χ1n) is 6.91. The van der Waals surface area contributed by atoms with Gasteiger partial charge < -0.3 is 10.2 Å². The first-order valence-corrected chi connectivity index (χ1v) is 6.91. The van der Waals surface area contributed by atoms with Crippen LogP contribution < -0.4 is 10.2 Å². The van der Waals surface area contributed by atoms with E-state index in [2.05, 4.69) is 53.9 Å². The van der Waals surface area contributed by atoms with Gasteiger partial charge in [0.25, 0.3) is 0 Å². The highest BCUT2D eigenvalue weighted by Crippen LogP contribution is 2.17. The van der Waals surface area contributed by atoms with Crippen LogP contribution in [0.5, 0.6) is 0 Å². The fourth-order valence-electron chi connectivity index (χ4n) is 1.88. The Morgan fingerprint density at radius 2 is 2.00 bits per heavy atom. The lowest BCUT2D eigenvalue weighted by Gasteiger charge is -2.24. The maximum absolute atomic E-state index is 4.54. The van der Waals surface area contributed by atoms with Gasteiger partial charge in [0.05, 0.1) is 0 Å². The van der Waals surface area contributed by atoms with Crippen molar-refractivity contribution in [2.45, 2.75) is 41.0 Å². The van der Waals surface area contributed by atoms with E-state index < -0.39 is 0 Å². The summed E-state index contributed by atoms with van der Waals surface area (Å²) in [5.41, 5.74) is 0. The normalized spacial score (nSPS) is 10.8. The highest BCUT2D eigenvalue weighted by molar-refractivity contribution is 5.49. The molecule has 0 unspecified atom stereocenters. The van der Waals surface area contributed by atoms with Gasteiger partial charge in [-0.1, -0.05) is 20.8 Å². The Morgan fingerprint density at radius 3 is 2.56 bits per heavy atom. The summed E-state index contributed by atoms with van der Waals surface area (Å²) < 4.78 is 0. The van der Waals surface area contributed by atoms with Crippen molar-refractivity contribution in [3.05, 3.63) is 11.9 Å². The molecule has 0 saturated carbocycles. The van der Waals surface area contributed by atoms with Gasteiger partial charge in [-0.25, -0.2) is 9.97 Å². The number of nitrogens with zero attached hydrogens (tertiary/aromatic N) is 3. The zero-order valence-corrected chi connectivity index (χ0v) is 12.3. The second-order valence-corrected chi connectivity index (χ2v) is 5.02. The van der Waals surface area contributed by atoms with E-state index in [1.165, 1.54) is 0 Å². The Hall–Kier alpha value is -1.32. The van der Waals surface area contributed by atoms with Crippen LogP contribution in [0.4, 0.5) is 11.6 Å². The smallest absolute Gasteiger partial charge is 0.134 e. The maximum Gasteiger partial charge on any atom is 0.134 e. The molecule has 1 N–H and O–H groups in total. The lowest BCUT2D eigenvalue weighted by Crippen LogP contribution is -2.28. The van der Waals surface area contributed by atoms with Crippen molar-refractivity contribution in [3.63, 3.8) is 0 Å². The van der Waals surface area contributed by atoms with Crippen molar-refractivity contribution >= 4 is 11.6 Å². The third-order valence-corrected chi connectivity index (χ3v) is 2.67. The van der Waals surface area contributed by atoms with Crippen molar-refractivity contribution in [2.24, 2.45) is 5.92 Å². The minimum atomic E-state index is 0.632. The van der Waals surface area contributed by atoms with E-state index in [4.69, 9.17) is 0 Å². The second kappa shape index (κ2) is 7.19. The molecule has 0 fully saturated rings. The quantitative estimate of drug-likeness (QED) is 0.807. The molecule has 1 rings (SSSR count). The van der Waals surface area contributed by atoms with Crippen LogP contribution in [0.15, 0.2) is 6.07 Å². The van der Waals surface area contributed by atoms with E-state index in [-0.39, 0.29) is 0 Å². The average Bonchev–Trinajstić information content (AvgIpc) is 2.32. The first-order chi connectivity index (χ1) is 8.56. The van der Waals surface area contributed by atoms with Gasteiger partial charge in [-0.15, -0.1) is 0 Å². The minimum absolute atomic E-state index is 0.632. The number of aromatic nitrogens is 2. The van der Waals surface area contributed by atoms with Crippen LogP contribution in [-0.4, -0.2) is 29.6 Å². The predicted octanol–water partition coefficient (Wildman–Crippen LogP) is 3.09. The topological polar surface area (TPSA) is 41.0 Å². The van der Waals surface area contributed by atoms with Gasteiger partial charge in [-0.05, 0) is 26.2 Å². The Morgan fingerprint density at radius 1 is 1.28 bits per heavy atom. The van der Waals surface area contributed by atoms with E-state index in [0.717, 1.165) is 43.5 Å². The molecule has 0 aliphatic rings. The van der Waals surface area contributed by atoms with Gasteiger partial charge in [-0.3, -0.25) is 0 Å². The zero-order valence-electron chi connectivity index (χ0n) is 12.3. The molecule has 0 aromatic carbocycles. The molecule has 0 bridgehead atoms. The van der Waals surface area contributed by atoms with Crippen LogP contribution in [0.25, 0.3) is 0 Å². The Bertz CT molecular complexity index is 363. The molecule has 0 spiro atoms. The number of nitrogens with one attached hydrogen (secondary N) is 1. The summed E-state index contributed by atoms with van der Waals surface area (Å²) in [4.78, 5) is 11.3. The second-order valence-electron chi connectivity index (χ2n) is 5.02. The third kappa shape index (κ3) is 4.51. The van der Waals surface area contributed by atoms with Crippen LogP contribution in [0.3, 0.4) is 0 Å². The highest BCUT2D eigenvalue weighted by atomic mass is 15.2. The highest BCUT2D eigenvalue weighted by Gasteiger charge is 2.10. The first kappa shape index (κ1) is 14.7. The molecule has 1 aromatic heterocycles. The van der Waals surface area contributed by atoms with Gasteiger partial charge in [-0.2, -0.15) is 0 Å². The average molecular weight is 250 g/mol. The Labute approximate surface area is 111 Å². The molecule has 1 aromatic rings. The van der Waals surface area contributed by atoms with Crippen LogP contribution in [0.1, 0.15) is 39.9 Å². The van der Waals surface area contributed by atoms with E-state index in [1.807, 2.05) is 6.92 Å². The van der Waals surface area contributed by atoms with Gasteiger partial charge in [0.1, 0.15) is 17.5 Å². The van der Waals surface area contributed by atoms with E-state index >= 15 is 0 Å². The number of rotatable bonds is 7. The predicted molar refractivity (Wildman–Crippen MR) is 78.3 cm³/mol. The molecule has 18 heavy (non-hydrogen) atoms. The largest absolute Gasteiger partial charge is 0.370 e. The van der Waals surface area contributed by atoms with Crippen LogP contribution in [-0.2, 0) is 0 Å². The van der Waals surface area contributed by atoms with Crippen molar-refractivity contribution in [3.8, 4) is 0 Å². The molecule has 4 heteroatoms. The van der Waals surface area contributed by atoms with Gasteiger partial charge >= 0.3 is 0 Å². The van der Waals surface area contributed by atoms with E-state index in [0.29, 0.717) is 5.92 Å². The van der Waals surface area contributed by atoms with Crippen molar-refractivity contribution in [1.29, 1.82) is 0 Å². The molecule has 102 valence electrons. The summed E-state index contributed by atoms with van der Waals surface area (Å²) in [6.07, 6.45) is 1.10. The number of anilines is 2. The molecule has 0 atom stereocenters.